The highest BCUT2D eigenvalue weighted by Gasteiger charge is 2.49. The van der Waals surface area contributed by atoms with Gasteiger partial charge in [-0.3, -0.25) is 9.69 Å². The van der Waals surface area contributed by atoms with Crippen LogP contribution in [0.1, 0.15) is 37.8 Å². The molecule has 2 saturated heterocycles. The number of amides is 2. The summed E-state index contributed by atoms with van der Waals surface area (Å²) in [5, 5.41) is 0. The Kier molecular flexibility index (Phi) is 5.65. The Hall–Kier alpha value is -2.66. The van der Waals surface area contributed by atoms with Crippen LogP contribution in [0.3, 0.4) is 0 Å². The lowest BCUT2D eigenvalue weighted by Crippen LogP contribution is -2.49. The monoisotopic (exact) mass is 406 g/mol. The topological polar surface area (TPSA) is 49.9 Å². The fraction of sp³-hybridized carbons (Fsp3) is 0.440. The zero-order chi connectivity index (χ0) is 21.3. The second kappa shape index (κ2) is 8.23. The molecule has 158 valence electrons. The van der Waals surface area contributed by atoms with Crippen molar-refractivity contribution in [1.29, 1.82) is 0 Å². The number of hydrogen-bond acceptors (Lipinski definition) is 4. The number of rotatable bonds is 4. The van der Waals surface area contributed by atoms with Crippen LogP contribution in [0.25, 0.3) is 0 Å². The molecule has 2 fully saturated rings. The number of cyclic esters (lactones) is 1. The van der Waals surface area contributed by atoms with Gasteiger partial charge in [-0.05, 0) is 16.5 Å². The second-order valence-electron chi connectivity index (χ2n) is 9.47. The molecule has 0 saturated carbocycles. The van der Waals surface area contributed by atoms with Crippen LogP contribution in [0.4, 0.5) is 4.79 Å². The molecule has 2 aromatic rings. The predicted octanol–water partition coefficient (Wildman–Crippen LogP) is 4.30. The smallest absolute Gasteiger partial charge is 0.417 e. The van der Waals surface area contributed by atoms with Crippen LogP contribution in [0.15, 0.2) is 60.7 Å². The van der Waals surface area contributed by atoms with Crippen LogP contribution in [0.5, 0.6) is 0 Å². The molecule has 4 rings (SSSR count). The van der Waals surface area contributed by atoms with Gasteiger partial charge in [-0.1, -0.05) is 81.4 Å². The van der Waals surface area contributed by atoms with Gasteiger partial charge in [0.2, 0.25) is 5.91 Å². The Morgan fingerprint density at radius 1 is 1.00 bits per heavy atom. The van der Waals surface area contributed by atoms with Crippen molar-refractivity contribution in [2.24, 2.45) is 11.3 Å². The average Bonchev–Trinajstić information content (AvgIpc) is 3.32. The average molecular weight is 407 g/mol. The lowest BCUT2D eigenvalue weighted by molar-refractivity contribution is -0.135. The van der Waals surface area contributed by atoms with Crippen LogP contribution >= 0.6 is 0 Å². The lowest BCUT2D eigenvalue weighted by Gasteiger charge is -2.33. The van der Waals surface area contributed by atoms with E-state index in [2.05, 4.69) is 29.2 Å². The number of likely N-dealkylation sites (tertiary alicyclic amines) is 1. The van der Waals surface area contributed by atoms with Crippen LogP contribution in [0, 0.1) is 11.3 Å². The Bertz CT molecular complexity index is 892. The third kappa shape index (κ3) is 4.12. The van der Waals surface area contributed by atoms with Crippen LogP contribution < -0.4 is 0 Å². The van der Waals surface area contributed by atoms with Gasteiger partial charge < -0.3 is 4.74 Å². The first-order chi connectivity index (χ1) is 14.3. The summed E-state index contributed by atoms with van der Waals surface area (Å²) in [5.41, 5.74) is 2.14. The molecule has 2 aliphatic heterocycles. The molecular weight excluding hydrogens is 376 g/mol. The number of hydrogen-bond donors (Lipinski definition) is 0. The molecule has 0 radical (unpaired) electrons. The maximum absolute atomic E-state index is 13.7. The van der Waals surface area contributed by atoms with Crippen molar-refractivity contribution < 1.29 is 14.3 Å². The second-order valence-corrected chi connectivity index (χ2v) is 9.47. The molecular formula is C25H30N2O3. The van der Waals surface area contributed by atoms with Crippen LogP contribution in [0.2, 0.25) is 0 Å². The summed E-state index contributed by atoms with van der Waals surface area (Å²) in [5.74, 6) is -0.329. The highest BCUT2D eigenvalue weighted by atomic mass is 16.6. The molecule has 0 bridgehead atoms. The van der Waals surface area contributed by atoms with Gasteiger partial charge in [0.25, 0.3) is 0 Å². The molecule has 0 unspecified atom stereocenters. The Balaban J connectivity index is 1.61. The van der Waals surface area contributed by atoms with Crippen LogP contribution in [-0.2, 0) is 16.1 Å². The van der Waals surface area contributed by atoms with Gasteiger partial charge in [0, 0.05) is 25.6 Å². The first-order valence-corrected chi connectivity index (χ1v) is 10.7. The van der Waals surface area contributed by atoms with Crippen molar-refractivity contribution >= 4 is 12.0 Å². The van der Waals surface area contributed by atoms with Crippen LogP contribution in [-0.4, -0.2) is 47.5 Å². The van der Waals surface area contributed by atoms with Gasteiger partial charge in [0.1, 0.15) is 6.61 Å². The zero-order valence-electron chi connectivity index (χ0n) is 18.0. The predicted molar refractivity (Wildman–Crippen MR) is 116 cm³/mol. The maximum Gasteiger partial charge on any atom is 0.417 e. The molecule has 2 aliphatic rings. The van der Waals surface area contributed by atoms with Crippen molar-refractivity contribution in [2.45, 2.75) is 39.3 Å². The minimum atomic E-state index is -0.506. The molecule has 0 N–H and O–H groups in total. The highest BCUT2D eigenvalue weighted by Crippen LogP contribution is 2.38. The molecule has 2 aromatic carbocycles. The minimum Gasteiger partial charge on any atom is -0.447 e. The molecule has 0 aromatic heterocycles. The van der Waals surface area contributed by atoms with E-state index in [1.807, 2.05) is 57.2 Å². The standard InChI is InChI=1S/C25H30N2O3/c1-25(2,3)22-17-30-24(29)27(22)23(28)21-16-26(14-18-10-6-4-7-11-18)15-20(21)19-12-8-5-9-13-19/h4-13,20-22H,14-17H2,1-3H3/t20-,21+,22-/m1/s1. The number of imide groups is 1. The van der Waals surface area contributed by atoms with Crippen molar-refractivity contribution in [3.05, 3.63) is 71.8 Å². The van der Waals surface area contributed by atoms with E-state index in [1.54, 1.807) is 0 Å². The van der Waals surface area contributed by atoms with E-state index in [9.17, 15) is 9.59 Å². The first-order valence-electron chi connectivity index (χ1n) is 10.7. The number of ether oxygens (including phenoxy) is 1. The number of carbonyl (C=O) groups excluding carboxylic acids is 2. The number of carbonyl (C=O) groups is 2. The lowest BCUT2D eigenvalue weighted by atomic mass is 9.84. The zero-order valence-corrected chi connectivity index (χ0v) is 18.0. The van der Waals surface area contributed by atoms with Gasteiger partial charge in [-0.2, -0.15) is 0 Å². The SMILES string of the molecule is CC(C)(C)[C@H]1COC(=O)N1C(=O)[C@H]1CN(Cc2ccccc2)C[C@@H]1c1ccccc1. The largest absolute Gasteiger partial charge is 0.447 e. The highest BCUT2D eigenvalue weighted by molar-refractivity contribution is 5.95. The summed E-state index contributed by atoms with van der Waals surface area (Å²) < 4.78 is 5.30. The number of benzene rings is 2. The first kappa shape index (κ1) is 20.6. The van der Waals surface area contributed by atoms with Gasteiger partial charge in [0.15, 0.2) is 0 Å². The summed E-state index contributed by atoms with van der Waals surface area (Å²) in [7, 11) is 0. The van der Waals surface area contributed by atoms with Crippen molar-refractivity contribution in [3.63, 3.8) is 0 Å². The summed E-state index contributed by atoms with van der Waals surface area (Å²) in [6, 6.07) is 20.3. The molecule has 30 heavy (non-hydrogen) atoms. The molecule has 0 spiro atoms. The summed E-state index contributed by atoms with van der Waals surface area (Å²) in [6.45, 7) is 8.62. The van der Waals surface area contributed by atoms with E-state index < -0.39 is 6.09 Å². The molecule has 2 amide bonds. The van der Waals surface area contributed by atoms with Crippen molar-refractivity contribution in [3.8, 4) is 0 Å². The number of nitrogens with zero attached hydrogens (tertiary/aromatic N) is 2. The van der Waals surface area contributed by atoms with Gasteiger partial charge in [0.05, 0.1) is 12.0 Å². The summed E-state index contributed by atoms with van der Waals surface area (Å²) in [6.07, 6.45) is -0.506. The minimum absolute atomic E-state index is 0.0523. The normalized spacial score (nSPS) is 24.8. The third-order valence-electron chi connectivity index (χ3n) is 6.30. The maximum atomic E-state index is 13.7. The molecule has 3 atom stereocenters. The fourth-order valence-electron chi connectivity index (χ4n) is 4.63. The van der Waals surface area contributed by atoms with E-state index in [0.29, 0.717) is 6.54 Å². The molecule has 2 heterocycles. The quantitative estimate of drug-likeness (QED) is 0.760. The van der Waals surface area contributed by atoms with Gasteiger partial charge >= 0.3 is 6.09 Å². The van der Waals surface area contributed by atoms with Gasteiger partial charge in [-0.15, -0.1) is 0 Å². The van der Waals surface area contributed by atoms with Crippen molar-refractivity contribution in [2.75, 3.05) is 19.7 Å². The van der Waals surface area contributed by atoms with Crippen molar-refractivity contribution in [1.82, 2.24) is 9.80 Å². The Labute approximate surface area is 178 Å². The van der Waals surface area contributed by atoms with E-state index in [-0.39, 0.29) is 35.8 Å². The molecule has 5 nitrogen and oxygen atoms in total. The van der Waals surface area contributed by atoms with E-state index in [0.717, 1.165) is 18.7 Å². The third-order valence-corrected chi connectivity index (χ3v) is 6.30. The van der Waals surface area contributed by atoms with E-state index >= 15 is 0 Å². The molecule has 0 aliphatic carbocycles. The summed E-state index contributed by atoms with van der Waals surface area (Å²) >= 11 is 0. The van der Waals surface area contributed by atoms with E-state index in [4.69, 9.17) is 4.74 Å². The fourth-order valence-corrected chi connectivity index (χ4v) is 4.63. The van der Waals surface area contributed by atoms with Gasteiger partial charge in [-0.25, -0.2) is 9.69 Å². The van der Waals surface area contributed by atoms with E-state index in [1.165, 1.54) is 10.5 Å². The Morgan fingerprint density at radius 3 is 2.27 bits per heavy atom. The molecule has 5 heteroatoms. The summed E-state index contributed by atoms with van der Waals surface area (Å²) in [4.78, 5) is 29.9. The Morgan fingerprint density at radius 2 is 1.63 bits per heavy atom.